The van der Waals surface area contributed by atoms with E-state index in [1.165, 1.54) is 0 Å². The van der Waals surface area contributed by atoms with E-state index in [0.717, 1.165) is 6.42 Å². The Kier molecular flexibility index (Phi) is 6.43. The number of likely N-dealkylation sites (tertiary alicyclic amines) is 1. The number of ether oxygens (including phenoxy) is 2. The molecule has 1 aromatic carbocycles. The van der Waals surface area contributed by atoms with Crippen molar-refractivity contribution in [2.24, 2.45) is 0 Å². The lowest BCUT2D eigenvalue weighted by Gasteiger charge is -2.32. The number of urea groups is 1. The van der Waals surface area contributed by atoms with E-state index < -0.39 is 10.0 Å². The third-order valence-electron chi connectivity index (χ3n) is 4.60. The molecule has 0 aliphatic carbocycles. The van der Waals surface area contributed by atoms with Gasteiger partial charge in [0.15, 0.2) is 11.5 Å². The lowest BCUT2D eigenvalue weighted by molar-refractivity contribution is 0.193. The lowest BCUT2D eigenvalue weighted by atomic mass is 10.1. The molecule has 3 rings (SSSR count). The molecule has 1 fully saturated rings. The molecule has 150 valence electrons. The highest BCUT2D eigenvalue weighted by Gasteiger charge is 2.25. The normalized spacial score (nSPS) is 18.0. The van der Waals surface area contributed by atoms with Gasteiger partial charge in [0.05, 0.1) is 19.0 Å². The predicted molar refractivity (Wildman–Crippen MR) is 103 cm³/mol. The van der Waals surface area contributed by atoms with Gasteiger partial charge >= 0.3 is 6.03 Å². The van der Waals surface area contributed by atoms with Gasteiger partial charge in [0.1, 0.15) is 0 Å². The molecule has 1 saturated heterocycles. The maximum Gasteiger partial charge on any atom is 0.321 e. The van der Waals surface area contributed by atoms with Crippen LogP contribution in [0.15, 0.2) is 18.2 Å². The third kappa shape index (κ3) is 5.49. The van der Waals surface area contributed by atoms with Crippen LogP contribution in [0.5, 0.6) is 11.5 Å². The lowest BCUT2D eigenvalue weighted by Crippen LogP contribution is -2.48. The van der Waals surface area contributed by atoms with Crippen LogP contribution in [-0.2, 0) is 10.0 Å². The minimum atomic E-state index is -3.22. The Labute approximate surface area is 160 Å². The fourth-order valence-corrected chi connectivity index (χ4v) is 4.62. The predicted octanol–water partition coefficient (Wildman–Crippen LogP) is 2.17. The van der Waals surface area contributed by atoms with Gasteiger partial charge in [-0.05, 0) is 31.4 Å². The van der Waals surface area contributed by atoms with E-state index in [1.54, 1.807) is 23.1 Å². The van der Waals surface area contributed by atoms with E-state index in [1.807, 2.05) is 6.92 Å². The first-order valence-electron chi connectivity index (χ1n) is 9.42. The number of hydrogen-bond acceptors (Lipinski definition) is 5. The second kappa shape index (κ2) is 8.79. The Morgan fingerprint density at radius 1 is 1.19 bits per heavy atom. The molecule has 0 atom stereocenters. The summed E-state index contributed by atoms with van der Waals surface area (Å²) < 4.78 is 37.7. The van der Waals surface area contributed by atoms with Crippen molar-refractivity contribution in [1.82, 2.24) is 9.62 Å². The second-order valence-corrected chi connectivity index (χ2v) is 8.71. The van der Waals surface area contributed by atoms with Crippen LogP contribution in [0.25, 0.3) is 0 Å². The molecule has 0 radical (unpaired) electrons. The Bertz CT molecular complexity index is 760. The number of fused-ring (bicyclic) bond motifs is 1. The van der Waals surface area contributed by atoms with Crippen LogP contribution in [0.1, 0.15) is 32.6 Å². The van der Waals surface area contributed by atoms with Crippen molar-refractivity contribution in [3.8, 4) is 11.5 Å². The van der Waals surface area contributed by atoms with Crippen LogP contribution in [0.4, 0.5) is 10.5 Å². The summed E-state index contributed by atoms with van der Waals surface area (Å²) in [5.74, 6) is 1.46. The van der Waals surface area contributed by atoms with Crippen molar-refractivity contribution in [2.75, 3.05) is 37.4 Å². The van der Waals surface area contributed by atoms with Gasteiger partial charge in [-0.3, -0.25) is 0 Å². The quantitative estimate of drug-likeness (QED) is 0.794. The number of sulfonamides is 1. The van der Waals surface area contributed by atoms with Crippen molar-refractivity contribution in [3.05, 3.63) is 18.2 Å². The van der Waals surface area contributed by atoms with Crippen LogP contribution in [0.3, 0.4) is 0 Å². The monoisotopic (exact) mass is 397 g/mol. The number of benzene rings is 1. The molecule has 0 saturated carbocycles. The first-order valence-corrected chi connectivity index (χ1v) is 11.1. The molecule has 2 aliphatic heterocycles. The molecule has 2 heterocycles. The van der Waals surface area contributed by atoms with Gasteiger partial charge in [-0.1, -0.05) is 6.92 Å². The van der Waals surface area contributed by atoms with Crippen LogP contribution in [0.2, 0.25) is 0 Å². The standard InChI is InChI=1S/C18H27N3O5S/c1-2-12-27(23,24)20-14-6-8-21(9-7-14)18(22)19-15-4-5-16-17(13-15)26-11-3-10-25-16/h4-5,13-14,20H,2-3,6-12H2,1H3,(H,19,22). The van der Waals surface area contributed by atoms with E-state index in [-0.39, 0.29) is 17.8 Å². The Morgan fingerprint density at radius 3 is 2.59 bits per heavy atom. The van der Waals surface area contributed by atoms with E-state index in [4.69, 9.17) is 9.47 Å². The largest absolute Gasteiger partial charge is 0.490 e. The van der Waals surface area contributed by atoms with E-state index in [2.05, 4.69) is 10.0 Å². The molecule has 0 unspecified atom stereocenters. The molecular weight excluding hydrogens is 370 g/mol. The molecule has 27 heavy (non-hydrogen) atoms. The number of hydrogen-bond donors (Lipinski definition) is 2. The topological polar surface area (TPSA) is 97.0 Å². The van der Waals surface area contributed by atoms with Crippen molar-refractivity contribution in [1.29, 1.82) is 0 Å². The molecule has 0 aromatic heterocycles. The van der Waals surface area contributed by atoms with Crippen LogP contribution in [-0.4, -0.2) is 57.4 Å². The zero-order valence-corrected chi connectivity index (χ0v) is 16.4. The first kappa shape index (κ1) is 19.8. The van der Waals surface area contributed by atoms with Gasteiger partial charge in [-0.15, -0.1) is 0 Å². The van der Waals surface area contributed by atoms with Crippen molar-refractivity contribution in [2.45, 2.75) is 38.6 Å². The van der Waals surface area contributed by atoms with Gasteiger partial charge in [0, 0.05) is 37.3 Å². The van der Waals surface area contributed by atoms with Gasteiger partial charge in [0.2, 0.25) is 10.0 Å². The van der Waals surface area contributed by atoms with Gasteiger partial charge in [-0.2, -0.15) is 0 Å². The number of rotatable bonds is 5. The van der Waals surface area contributed by atoms with E-state index >= 15 is 0 Å². The molecule has 2 N–H and O–H groups in total. The van der Waals surface area contributed by atoms with Gasteiger partial charge < -0.3 is 19.7 Å². The van der Waals surface area contributed by atoms with Crippen molar-refractivity contribution >= 4 is 21.7 Å². The molecule has 2 amide bonds. The highest BCUT2D eigenvalue weighted by atomic mass is 32.2. The molecule has 0 bridgehead atoms. The van der Waals surface area contributed by atoms with Crippen LogP contribution >= 0.6 is 0 Å². The number of nitrogens with zero attached hydrogens (tertiary/aromatic N) is 1. The number of piperidine rings is 1. The summed E-state index contributed by atoms with van der Waals surface area (Å²) in [6, 6.07) is 5.05. The number of anilines is 1. The van der Waals surface area contributed by atoms with E-state index in [9.17, 15) is 13.2 Å². The average molecular weight is 397 g/mol. The molecule has 9 heteroatoms. The van der Waals surface area contributed by atoms with Gasteiger partial charge in [0.25, 0.3) is 0 Å². The van der Waals surface area contributed by atoms with Gasteiger partial charge in [-0.25, -0.2) is 17.9 Å². The molecular formula is C18H27N3O5S. The zero-order valence-electron chi connectivity index (χ0n) is 15.6. The fraction of sp³-hybridized carbons (Fsp3) is 0.611. The average Bonchev–Trinajstić information content (AvgIpc) is 2.86. The Morgan fingerprint density at radius 2 is 1.89 bits per heavy atom. The maximum atomic E-state index is 12.5. The summed E-state index contributed by atoms with van der Waals surface area (Å²) >= 11 is 0. The SMILES string of the molecule is CCCS(=O)(=O)NC1CCN(C(=O)Nc2ccc3c(c2)OCCCO3)CC1. The van der Waals surface area contributed by atoms with Crippen LogP contribution < -0.4 is 19.5 Å². The number of nitrogens with one attached hydrogen (secondary N) is 2. The summed E-state index contributed by atoms with van der Waals surface area (Å²) in [5, 5.41) is 2.88. The zero-order chi connectivity index (χ0) is 19.3. The molecule has 1 aromatic rings. The Balaban J connectivity index is 1.52. The first-order chi connectivity index (χ1) is 13.0. The maximum absolute atomic E-state index is 12.5. The number of carbonyl (C=O) groups is 1. The van der Waals surface area contributed by atoms with E-state index in [0.29, 0.717) is 62.8 Å². The minimum absolute atomic E-state index is 0.108. The van der Waals surface area contributed by atoms with Crippen molar-refractivity contribution in [3.63, 3.8) is 0 Å². The number of amides is 2. The molecule has 8 nitrogen and oxygen atoms in total. The molecule has 0 spiro atoms. The smallest absolute Gasteiger partial charge is 0.321 e. The molecule has 2 aliphatic rings. The Hall–Kier alpha value is -2.00. The highest BCUT2D eigenvalue weighted by Crippen LogP contribution is 2.32. The summed E-state index contributed by atoms with van der Waals surface area (Å²) in [5.41, 5.74) is 0.648. The highest BCUT2D eigenvalue weighted by molar-refractivity contribution is 7.89. The summed E-state index contributed by atoms with van der Waals surface area (Å²) in [6.45, 7) is 4.07. The second-order valence-electron chi connectivity index (χ2n) is 6.84. The van der Waals surface area contributed by atoms with Crippen LogP contribution in [0, 0.1) is 0 Å². The van der Waals surface area contributed by atoms with Crippen molar-refractivity contribution < 1.29 is 22.7 Å². The minimum Gasteiger partial charge on any atom is -0.490 e. The summed E-state index contributed by atoms with van der Waals surface area (Å²) in [4.78, 5) is 14.2. The third-order valence-corrected chi connectivity index (χ3v) is 6.24. The summed E-state index contributed by atoms with van der Waals surface area (Å²) in [7, 11) is -3.22. The summed E-state index contributed by atoms with van der Waals surface area (Å²) in [6.07, 6.45) is 2.63. The fourth-order valence-electron chi connectivity index (χ4n) is 3.23. The number of carbonyl (C=O) groups excluding carboxylic acids is 1.